The van der Waals surface area contributed by atoms with Gasteiger partial charge >= 0.3 is 5.97 Å². The lowest BCUT2D eigenvalue weighted by molar-refractivity contribution is -0.142. The number of rotatable bonds is 2. The Bertz CT molecular complexity index is 393. The van der Waals surface area contributed by atoms with Gasteiger partial charge in [-0.1, -0.05) is 18.4 Å². The predicted octanol–water partition coefficient (Wildman–Crippen LogP) is 2.35. The molecule has 0 unspecified atom stereocenters. The first-order valence-corrected chi connectivity index (χ1v) is 4.88. The standard InChI is InChI=1S/C11H10O2S/c1-3-4-5-10-6-7-11(14-10)8-13-9(2)12/h3,6-7H,1,8H2,2H3. The third-order valence-corrected chi connectivity index (χ3v) is 2.35. The predicted molar refractivity (Wildman–Crippen MR) is 56.9 cm³/mol. The summed E-state index contributed by atoms with van der Waals surface area (Å²) in [4.78, 5) is 12.5. The number of thiophene rings is 1. The zero-order valence-corrected chi connectivity index (χ0v) is 8.69. The molecule has 0 saturated heterocycles. The van der Waals surface area contributed by atoms with Crippen LogP contribution in [0.5, 0.6) is 0 Å². The Morgan fingerprint density at radius 3 is 3.14 bits per heavy atom. The van der Waals surface area contributed by atoms with Gasteiger partial charge in [0.25, 0.3) is 0 Å². The van der Waals surface area contributed by atoms with E-state index >= 15 is 0 Å². The third-order valence-electron chi connectivity index (χ3n) is 1.38. The van der Waals surface area contributed by atoms with Crippen LogP contribution in [-0.4, -0.2) is 5.97 Å². The molecular weight excluding hydrogens is 196 g/mol. The molecule has 0 bridgehead atoms. The summed E-state index contributed by atoms with van der Waals surface area (Å²) in [5.74, 6) is 5.41. The molecule has 1 aromatic heterocycles. The van der Waals surface area contributed by atoms with Crippen LogP contribution in [0.3, 0.4) is 0 Å². The number of hydrogen-bond donors (Lipinski definition) is 0. The van der Waals surface area contributed by atoms with E-state index in [9.17, 15) is 4.79 Å². The van der Waals surface area contributed by atoms with Gasteiger partial charge in [-0.25, -0.2) is 0 Å². The van der Waals surface area contributed by atoms with E-state index in [1.54, 1.807) is 6.08 Å². The number of hydrogen-bond acceptors (Lipinski definition) is 3. The van der Waals surface area contributed by atoms with E-state index < -0.39 is 0 Å². The third kappa shape index (κ3) is 3.46. The highest BCUT2D eigenvalue weighted by Crippen LogP contribution is 2.16. The van der Waals surface area contributed by atoms with Crippen molar-refractivity contribution in [3.05, 3.63) is 34.5 Å². The molecule has 0 aliphatic rings. The fraction of sp³-hybridized carbons (Fsp3) is 0.182. The minimum atomic E-state index is -0.267. The van der Waals surface area contributed by atoms with E-state index in [0.717, 1.165) is 9.75 Å². The maximum absolute atomic E-state index is 10.5. The highest BCUT2D eigenvalue weighted by molar-refractivity contribution is 7.12. The summed E-state index contributed by atoms with van der Waals surface area (Å²) in [5, 5.41) is 0. The first kappa shape index (κ1) is 10.6. The quantitative estimate of drug-likeness (QED) is 0.548. The van der Waals surface area contributed by atoms with Crippen molar-refractivity contribution in [3.8, 4) is 11.8 Å². The van der Waals surface area contributed by atoms with Gasteiger partial charge in [0.2, 0.25) is 0 Å². The minimum Gasteiger partial charge on any atom is -0.460 e. The van der Waals surface area contributed by atoms with Crippen molar-refractivity contribution in [2.24, 2.45) is 0 Å². The number of allylic oxidation sites excluding steroid dienone is 1. The average Bonchev–Trinajstić information content (AvgIpc) is 2.59. The van der Waals surface area contributed by atoms with Crippen LogP contribution < -0.4 is 0 Å². The van der Waals surface area contributed by atoms with Crippen molar-refractivity contribution in [1.82, 2.24) is 0 Å². The zero-order chi connectivity index (χ0) is 10.4. The van der Waals surface area contributed by atoms with Crippen LogP contribution in [0.2, 0.25) is 0 Å². The highest BCUT2D eigenvalue weighted by Gasteiger charge is 1.99. The summed E-state index contributed by atoms with van der Waals surface area (Å²) in [6, 6.07) is 3.81. The number of carbonyl (C=O) groups is 1. The van der Waals surface area contributed by atoms with E-state index in [1.165, 1.54) is 18.3 Å². The van der Waals surface area contributed by atoms with Gasteiger partial charge in [-0.2, -0.15) is 0 Å². The second kappa shape index (κ2) is 5.25. The molecule has 0 radical (unpaired) electrons. The lowest BCUT2D eigenvalue weighted by Crippen LogP contribution is -1.96. The van der Waals surface area contributed by atoms with Gasteiger partial charge in [-0.15, -0.1) is 11.3 Å². The molecular formula is C11H10O2S. The van der Waals surface area contributed by atoms with Crippen molar-refractivity contribution in [2.45, 2.75) is 13.5 Å². The summed E-state index contributed by atoms with van der Waals surface area (Å²) in [6.45, 7) is 5.23. The summed E-state index contributed by atoms with van der Waals surface area (Å²) >= 11 is 1.52. The molecule has 0 aromatic carbocycles. The average molecular weight is 206 g/mol. The molecule has 0 N–H and O–H groups in total. The largest absolute Gasteiger partial charge is 0.460 e. The number of carbonyl (C=O) groups excluding carboxylic acids is 1. The van der Waals surface area contributed by atoms with Gasteiger partial charge in [0, 0.05) is 11.8 Å². The lowest BCUT2D eigenvalue weighted by Gasteiger charge is -1.96. The summed E-state index contributed by atoms with van der Waals surface area (Å²) in [7, 11) is 0. The first-order chi connectivity index (χ1) is 6.72. The van der Waals surface area contributed by atoms with Crippen molar-refractivity contribution in [2.75, 3.05) is 0 Å². The Morgan fingerprint density at radius 1 is 1.71 bits per heavy atom. The first-order valence-electron chi connectivity index (χ1n) is 4.07. The van der Waals surface area contributed by atoms with Crippen LogP contribution in [0.15, 0.2) is 24.8 Å². The maximum Gasteiger partial charge on any atom is 0.302 e. The molecule has 0 saturated carbocycles. The van der Waals surface area contributed by atoms with Crippen LogP contribution in [-0.2, 0) is 16.1 Å². The fourth-order valence-corrected chi connectivity index (χ4v) is 1.60. The van der Waals surface area contributed by atoms with Gasteiger partial charge in [0.05, 0.1) is 4.88 Å². The number of ether oxygens (including phenoxy) is 1. The Labute approximate surface area is 87.2 Å². The zero-order valence-electron chi connectivity index (χ0n) is 7.87. The fourth-order valence-electron chi connectivity index (χ4n) is 0.818. The Balaban J connectivity index is 2.59. The van der Waals surface area contributed by atoms with E-state index in [2.05, 4.69) is 18.4 Å². The molecule has 1 aromatic rings. The van der Waals surface area contributed by atoms with Gasteiger partial charge in [-0.05, 0) is 18.2 Å². The molecule has 1 rings (SSSR count). The molecule has 14 heavy (non-hydrogen) atoms. The van der Waals surface area contributed by atoms with Crippen molar-refractivity contribution >= 4 is 17.3 Å². The Kier molecular flexibility index (Phi) is 3.96. The molecule has 3 heteroatoms. The van der Waals surface area contributed by atoms with E-state index in [0.29, 0.717) is 6.61 Å². The molecule has 2 nitrogen and oxygen atoms in total. The SMILES string of the molecule is C=CC#Cc1ccc(COC(C)=O)s1. The Hall–Kier alpha value is -1.53. The van der Waals surface area contributed by atoms with Gasteiger partial charge < -0.3 is 4.74 Å². The van der Waals surface area contributed by atoms with Crippen LogP contribution in [0.4, 0.5) is 0 Å². The topological polar surface area (TPSA) is 26.3 Å². The van der Waals surface area contributed by atoms with E-state index in [1.807, 2.05) is 12.1 Å². The molecule has 0 fully saturated rings. The minimum absolute atomic E-state index is 0.267. The van der Waals surface area contributed by atoms with Gasteiger partial charge in [-0.3, -0.25) is 4.79 Å². The maximum atomic E-state index is 10.5. The van der Waals surface area contributed by atoms with E-state index in [-0.39, 0.29) is 5.97 Å². The highest BCUT2D eigenvalue weighted by atomic mass is 32.1. The summed E-state index contributed by atoms with van der Waals surface area (Å²) < 4.78 is 4.85. The molecule has 72 valence electrons. The Morgan fingerprint density at radius 2 is 2.50 bits per heavy atom. The smallest absolute Gasteiger partial charge is 0.302 e. The number of esters is 1. The summed E-state index contributed by atoms with van der Waals surface area (Å²) in [5.41, 5.74) is 0. The molecule has 0 aliphatic heterocycles. The molecule has 0 spiro atoms. The van der Waals surface area contributed by atoms with Crippen LogP contribution >= 0.6 is 11.3 Å². The van der Waals surface area contributed by atoms with E-state index in [4.69, 9.17) is 4.74 Å². The molecule has 0 amide bonds. The van der Waals surface area contributed by atoms with Crippen molar-refractivity contribution in [1.29, 1.82) is 0 Å². The second-order valence-electron chi connectivity index (χ2n) is 2.52. The van der Waals surface area contributed by atoms with Crippen molar-refractivity contribution < 1.29 is 9.53 Å². The molecule has 0 aliphatic carbocycles. The van der Waals surface area contributed by atoms with Crippen LogP contribution in [0, 0.1) is 11.8 Å². The van der Waals surface area contributed by atoms with Gasteiger partial charge in [0.1, 0.15) is 6.61 Å². The molecule has 1 heterocycles. The monoisotopic (exact) mass is 206 g/mol. The summed E-state index contributed by atoms with van der Waals surface area (Å²) in [6.07, 6.45) is 1.55. The van der Waals surface area contributed by atoms with Crippen LogP contribution in [0.25, 0.3) is 0 Å². The second-order valence-corrected chi connectivity index (χ2v) is 3.69. The van der Waals surface area contributed by atoms with Gasteiger partial charge in [0.15, 0.2) is 0 Å². The molecule has 0 atom stereocenters. The van der Waals surface area contributed by atoms with Crippen molar-refractivity contribution in [3.63, 3.8) is 0 Å². The normalized spacial score (nSPS) is 8.64. The van der Waals surface area contributed by atoms with Crippen LogP contribution in [0.1, 0.15) is 16.7 Å². The lowest BCUT2D eigenvalue weighted by atomic mass is 10.4.